The van der Waals surface area contributed by atoms with Crippen LogP contribution in [0, 0.1) is 11.3 Å². The van der Waals surface area contributed by atoms with Crippen LogP contribution in [-0.2, 0) is 0 Å². The molecule has 1 aliphatic heterocycles. The first kappa shape index (κ1) is 13.0. The largest absolute Gasteiger partial charge is 0.369 e. The molecule has 0 radical (unpaired) electrons. The van der Waals surface area contributed by atoms with Crippen LogP contribution in [0.25, 0.3) is 10.8 Å². The second-order valence-corrected chi connectivity index (χ2v) is 5.27. The lowest BCUT2D eigenvalue weighted by Gasteiger charge is -2.35. The maximum atomic E-state index is 8.64. The minimum atomic E-state index is 0.635. The highest BCUT2D eigenvalue weighted by atomic mass is 15.3. The Hall–Kier alpha value is -2.05. The third-order valence-corrected chi connectivity index (χ3v) is 4.01. The Morgan fingerprint density at radius 3 is 2.45 bits per heavy atom. The molecule has 3 rings (SSSR count). The first-order valence-corrected chi connectivity index (χ1v) is 7.20. The van der Waals surface area contributed by atoms with Crippen LogP contribution in [-0.4, -0.2) is 37.6 Å². The van der Waals surface area contributed by atoms with Crippen molar-refractivity contribution in [2.45, 2.75) is 6.42 Å². The molecule has 20 heavy (non-hydrogen) atoms. The van der Waals surface area contributed by atoms with E-state index in [1.807, 2.05) is 0 Å². The number of fused-ring (bicyclic) bond motifs is 1. The summed E-state index contributed by atoms with van der Waals surface area (Å²) in [6, 6.07) is 17.4. The van der Waals surface area contributed by atoms with Crippen molar-refractivity contribution in [1.82, 2.24) is 4.90 Å². The van der Waals surface area contributed by atoms with Gasteiger partial charge in [-0.15, -0.1) is 0 Å². The lowest BCUT2D eigenvalue weighted by molar-refractivity contribution is 0.263. The van der Waals surface area contributed by atoms with Gasteiger partial charge in [0.2, 0.25) is 0 Å². The zero-order valence-corrected chi connectivity index (χ0v) is 11.6. The van der Waals surface area contributed by atoms with E-state index >= 15 is 0 Å². The summed E-state index contributed by atoms with van der Waals surface area (Å²) in [5, 5.41) is 11.2. The maximum Gasteiger partial charge on any atom is 0.0635 e. The van der Waals surface area contributed by atoms with Crippen molar-refractivity contribution >= 4 is 16.5 Å². The number of hydrogen-bond donors (Lipinski definition) is 0. The second kappa shape index (κ2) is 5.94. The van der Waals surface area contributed by atoms with Crippen LogP contribution in [0.4, 0.5) is 5.69 Å². The Morgan fingerprint density at radius 2 is 1.70 bits per heavy atom. The van der Waals surface area contributed by atoms with E-state index in [0.717, 1.165) is 32.7 Å². The minimum absolute atomic E-state index is 0.635. The van der Waals surface area contributed by atoms with Gasteiger partial charge in [-0.05, 0) is 22.9 Å². The molecule has 0 saturated carbocycles. The molecule has 3 heteroatoms. The molecule has 0 amide bonds. The molecule has 0 bridgehead atoms. The van der Waals surface area contributed by atoms with E-state index in [-0.39, 0.29) is 0 Å². The van der Waals surface area contributed by atoms with E-state index in [4.69, 9.17) is 5.26 Å². The Balaban J connectivity index is 1.69. The molecule has 3 nitrogen and oxygen atoms in total. The van der Waals surface area contributed by atoms with Gasteiger partial charge in [0.25, 0.3) is 0 Å². The molecule has 102 valence electrons. The average Bonchev–Trinajstić information content (AvgIpc) is 2.53. The summed E-state index contributed by atoms with van der Waals surface area (Å²) >= 11 is 0. The van der Waals surface area contributed by atoms with Crippen molar-refractivity contribution in [3.05, 3.63) is 42.5 Å². The van der Waals surface area contributed by atoms with Gasteiger partial charge in [-0.2, -0.15) is 5.26 Å². The first-order chi connectivity index (χ1) is 9.86. The van der Waals surface area contributed by atoms with Gasteiger partial charge in [-0.25, -0.2) is 0 Å². The van der Waals surface area contributed by atoms with Gasteiger partial charge in [0, 0.05) is 44.8 Å². The first-order valence-electron chi connectivity index (χ1n) is 7.20. The molecular weight excluding hydrogens is 246 g/mol. The number of nitrogens with zero attached hydrogens (tertiary/aromatic N) is 3. The van der Waals surface area contributed by atoms with E-state index in [1.165, 1.54) is 16.5 Å². The number of hydrogen-bond acceptors (Lipinski definition) is 3. The number of piperazine rings is 1. The Labute approximate surface area is 120 Å². The fourth-order valence-corrected chi connectivity index (χ4v) is 2.81. The van der Waals surface area contributed by atoms with Gasteiger partial charge in [0.15, 0.2) is 0 Å². The quantitative estimate of drug-likeness (QED) is 0.855. The summed E-state index contributed by atoms with van der Waals surface area (Å²) in [7, 11) is 0. The predicted molar refractivity (Wildman–Crippen MR) is 82.8 cm³/mol. The molecule has 0 N–H and O–H groups in total. The van der Waals surface area contributed by atoms with Gasteiger partial charge in [-0.1, -0.05) is 30.3 Å². The lowest BCUT2D eigenvalue weighted by atomic mass is 10.1. The molecule has 1 fully saturated rings. The van der Waals surface area contributed by atoms with Crippen molar-refractivity contribution in [3.8, 4) is 6.07 Å². The van der Waals surface area contributed by atoms with Crippen LogP contribution in [0.5, 0.6) is 0 Å². The van der Waals surface area contributed by atoms with Crippen LogP contribution in [0.2, 0.25) is 0 Å². The van der Waals surface area contributed by atoms with Crippen LogP contribution < -0.4 is 4.90 Å². The van der Waals surface area contributed by atoms with Crippen molar-refractivity contribution < 1.29 is 0 Å². The lowest BCUT2D eigenvalue weighted by Crippen LogP contribution is -2.46. The van der Waals surface area contributed by atoms with Gasteiger partial charge in [0.1, 0.15) is 0 Å². The van der Waals surface area contributed by atoms with Crippen molar-refractivity contribution in [3.63, 3.8) is 0 Å². The zero-order chi connectivity index (χ0) is 13.8. The van der Waals surface area contributed by atoms with Gasteiger partial charge in [0.05, 0.1) is 6.07 Å². The minimum Gasteiger partial charge on any atom is -0.369 e. The number of nitriles is 1. The van der Waals surface area contributed by atoms with E-state index in [2.05, 4.69) is 58.3 Å². The predicted octanol–water partition coefficient (Wildman–Crippen LogP) is 2.88. The van der Waals surface area contributed by atoms with Crippen molar-refractivity contribution in [1.29, 1.82) is 5.26 Å². The summed E-state index contributed by atoms with van der Waals surface area (Å²) < 4.78 is 0. The molecule has 0 aromatic heterocycles. The molecule has 2 aromatic carbocycles. The highest BCUT2D eigenvalue weighted by Crippen LogP contribution is 2.23. The standard InChI is InChI=1S/C17H19N3/c18-8-3-9-19-10-12-20(13-11-19)17-7-6-15-4-1-2-5-16(15)14-17/h1-2,4-7,14H,3,9-13H2. The van der Waals surface area contributed by atoms with E-state index in [0.29, 0.717) is 6.42 Å². The number of rotatable bonds is 3. The van der Waals surface area contributed by atoms with Crippen LogP contribution in [0.1, 0.15) is 6.42 Å². The summed E-state index contributed by atoms with van der Waals surface area (Å²) in [5.74, 6) is 0. The summed E-state index contributed by atoms with van der Waals surface area (Å²) in [5.41, 5.74) is 1.31. The number of benzene rings is 2. The van der Waals surface area contributed by atoms with E-state index in [1.54, 1.807) is 0 Å². The molecule has 2 aromatic rings. The third-order valence-electron chi connectivity index (χ3n) is 4.01. The molecule has 0 spiro atoms. The van der Waals surface area contributed by atoms with Gasteiger partial charge >= 0.3 is 0 Å². The highest BCUT2D eigenvalue weighted by Gasteiger charge is 2.16. The molecular formula is C17H19N3. The normalized spacial score (nSPS) is 16.2. The highest BCUT2D eigenvalue weighted by molar-refractivity contribution is 5.85. The smallest absolute Gasteiger partial charge is 0.0635 e. The van der Waals surface area contributed by atoms with Crippen LogP contribution in [0.3, 0.4) is 0 Å². The monoisotopic (exact) mass is 265 g/mol. The molecule has 1 aliphatic rings. The average molecular weight is 265 g/mol. The molecule has 0 atom stereocenters. The van der Waals surface area contributed by atoms with Gasteiger partial charge in [-0.3, -0.25) is 4.90 Å². The maximum absolute atomic E-state index is 8.64. The SMILES string of the molecule is N#CCCN1CCN(c2ccc3ccccc3c2)CC1. The summed E-state index contributed by atoms with van der Waals surface area (Å²) in [6.07, 6.45) is 0.635. The van der Waals surface area contributed by atoms with E-state index in [9.17, 15) is 0 Å². The molecule has 0 unspecified atom stereocenters. The Kier molecular flexibility index (Phi) is 3.85. The van der Waals surface area contributed by atoms with Crippen molar-refractivity contribution in [2.24, 2.45) is 0 Å². The fourth-order valence-electron chi connectivity index (χ4n) is 2.81. The molecule has 0 aliphatic carbocycles. The zero-order valence-electron chi connectivity index (χ0n) is 11.6. The van der Waals surface area contributed by atoms with Crippen LogP contribution in [0.15, 0.2) is 42.5 Å². The molecule has 1 heterocycles. The topological polar surface area (TPSA) is 30.3 Å². The summed E-state index contributed by atoms with van der Waals surface area (Å²) in [4.78, 5) is 4.82. The van der Waals surface area contributed by atoms with E-state index < -0.39 is 0 Å². The van der Waals surface area contributed by atoms with Crippen LogP contribution >= 0.6 is 0 Å². The molecule has 1 saturated heterocycles. The second-order valence-electron chi connectivity index (χ2n) is 5.27. The van der Waals surface area contributed by atoms with Gasteiger partial charge < -0.3 is 4.90 Å². The fraction of sp³-hybridized carbons (Fsp3) is 0.353. The third kappa shape index (κ3) is 2.76. The number of anilines is 1. The summed E-state index contributed by atoms with van der Waals surface area (Å²) in [6.45, 7) is 5.10. The Bertz CT molecular complexity index is 621. The van der Waals surface area contributed by atoms with Crippen molar-refractivity contribution in [2.75, 3.05) is 37.6 Å². The Morgan fingerprint density at radius 1 is 0.950 bits per heavy atom.